The lowest BCUT2D eigenvalue weighted by molar-refractivity contribution is -0.113. The van der Waals surface area contributed by atoms with Crippen LogP contribution in [0.25, 0.3) is 17.2 Å². The van der Waals surface area contributed by atoms with Gasteiger partial charge in [-0.2, -0.15) is 0 Å². The Morgan fingerprint density at radius 1 is 1.03 bits per heavy atom. The van der Waals surface area contributed by atoms with Gasteiger partial charge in [0, 0.05) is 11.9 Å². The molecule has 0 atom stereocenters. The first-order valence-corrected chi connectivity index (χ1v) is 11.6. The van der Waals surface area contributed by atoms with E-state index >= 15 is 0 Å². The zero-order chi connectivity index (χ0) is 23.2. The third kappa shape index (κ3) is 5.23. The van der Waals surface area contributed by atoms with Crippen LogP contribution in [-0.2, 0) is 4.79 Å². The van der Waals surface area contributed by atoms with Gasteiger partial charge in [-0.15, -0.1) is 10.2 Å². The molecule has 8 heteroatoms. The van der Waals surface area contributed by atoms with Crippen molar-refractivity contribution < 1.29 is 9.53 Å². The number of methoxy groups -OCH3 is 1. The van der Waals surface area contributed by atoms with Crippen LogP contribution < -0.4 is 10.1 Å². The number of nitrogens with one attached hydrogen (secondary N) is 1. The highest BCUT2D eigenvalue weighted by molar-refractivity contribution is 7.99. The Kier molecular flexibility index (Phi) is 7.04. The minimum absolute atomic E-state index is 0.100. The number of benzene rings is 2. The summed E-state index contributed by atoms with van der Waals surface area (Å²) in [4.78, 5) is 17.2. The van der Waals surface area contributed by atoms with Gasteiger partial charge in [0.15, 0.2) is 11.0 Å². The molecule has 2 heterocycles. The van der Waals surface area contributed by atoms with Crippen molar-refractivity contribution in [2.24, 2.45) is 0 Å². The molecule has 0 radical (unpaired) electrons. The molecule has 0 aliphatic rings. The molecule has 0 fully saturated rings. The second-order valence-corrected chi connectivity index (χ2v) is 8.58. The van der Waals surface area contributed by atoms with Crippen LogP contribution in [0.2, 0.25) is 0 Å². The van der Waals surface area contributed by atoms with Gasteiger partial charge in [0.2, 0.25) is 5.91 Å². The average molecular weight is 460 g/mol. The van der Waals surface area contributed by atoms with Gasteiger partial charge in [-0.05, 0) is 53.9 Å². The fourth-order valence-electron chi connectivity index (χ4n) is 3.42. The van der Waals surface area contributed by atoms with Crippen LogP contribution >= 0.6 is 11.8 Å². The van der Waals surface area contributed by atoms with Gasteiger partial charge in [-0.25, -0.2) is 0 Å². The Balaban J connectivity index is 1.59. The molecule has 7 nitrogen and oxygen atoms in total. The normalized spacial score (nSPS) is 10.9. The lowest BCUT2D eigenvalue weighted by Gasteiger charge is -2.14. The van der Waals surface area contributed by atoms with E-state index < -0.39 is 0 Å². The van der Waals surface area contributed by atoms with Crippen molar-refractivity contribution in [3.05, 3.63) is 78.5 Å². The van der Waals surface area contributed by atoms with Gasteiger partial charge in [0.05, 0.1) is 18.6 Å². The van der Waals surface area contributed by atoms with Gasteiger partial charge >= 0.3 is 0 Å². The molecule has 0 spiro atoms. The number of rotatable bonds is 8. The fourth-order valence-corrected chi connectivity index (χ4v) is 4.17. The van der Waals surface area contributed by atoms with Gasteiger partial charge in [-0.3, -0.25) is 14.3 Å². The Bertz CT molecular complexity index is 1220. The molecule has 0 aliphatic carbocycles. The van der Waals surface area contributed by atoms with Crippen LogP contribution in [-0.4, -0.2) is 38.5 Å². The van der Waals surface area contributed by atoms with Crippen molar-refractivity contribution in [1.82, 2.24) is 19.7 Å². The summed E-state index contributed by atoms with van der Waals surface area (Å²) in [7, 11) is 1.63. The van der Waals surface area contributed by atoms with Gasteiger partial charge in [-0.1, -0.05) is 49.9 Å². The molecule has 2 aromatic heterocycles. The number of ether oxygens (including phenoxy) is 1. The first-order chi connectivity index (χ1) is 16.1. The molecule has 1 amide bonds. The number of para-hydroxylation sites is 1. The molecule has 168 valence electrons. The fraction of sp³-hybridized carbons (Fsp3) is 0.200. The number of aromatic nitrogens is 4. The summed E-state index contributed by atoms with van der Waals surface area (Å²) in [6, 6.07) is 21.1. The van der Waals surface area contributed by atoms with Crippen LogP contribution in [0.4, 0.5) is 5.69 Å². The lowest BCUT2D eigenvalue weighted by atomic mass is 10.0. The second kappa shape index (κ2) is 10.3. The maximum Gasteiger partial charge on any atom is 0.234 e. The average Bonchev–Trinajstić information content (AvgIpc) is 3.27. The Labute approximate surface area is 197 Å². The number of hydrogen-bond acceptors (Lipinski definition) is 6. The number of carbonyl (C=O) groups excluding carboxylic acids is 1. The maximum atomic E-state index is 12.8. The molecular weight excluding hydrogens is 434 g/mol. The third-order valence-corrected chi connectivity index (χ3v) is 5.98. The number of carbonyl (C=O) groups is 1. The largest absolute Gasteiger partial charge is 0.497 e. The molecular formula is C25H25N5O2S. The van der Waals surface area contributed by atoms with Crippen molar-refractivity contribution in [1.29, 1.82) is 0 Å². The highest BCUT2D eigenvalue weighted by Gasteiger charge is 2.18. The standard InChI is InChI=1S/C25H25N5O2S/c1-17(2)20-8-4-5-9-21(20)27-23(31)16-33-25-29-28-24(22-10-6-7-15-26-22)30(25)18-11-13-19(32-3)14-12-18/h4-15,17H,16H2,1-3H3,(H,27,31). The Morgan fingerprint density at radius 2 is 1.79 bits per heavy atom. The SMILES string of the molecule is COc1ccc(-n2c(SCC(=O)Nc3ccccc3C(C)C)nnc2-c2ccccn2)cc1. The summed E-state index contributed by atoms with van der Waals surface area (Å²) in [6.45, 7) is 4.21. The Hall–Kier alpha value is -3.65. The smallest absolute Gasteiger partial charge is 0.234 e. The van der Waals surface area contributed by atoms with Gasteiger partial charge < -0.3 is 10.1 Å². The number of nitrogens with zero attached hydrogens (tertiary/aromatic N) is 4. The minimum Gasteiger partial charge on any atom is -0.497 e. The summed E-state index contributed by atoms with van der Waals surface area (Å²) < 4.78 is 7.19. The van der Waals surface area contributed by atoms with Crippen LogP contribution in [0, 0.1) is 0 Å². The molecule has 0 saturated heterocycles. The monoisotopic (exact) mass is 459 g/mol. The highest BCUT2D eigenvalue weighted by Crippen LogP contribution is 2.29. The van der Waals surface area contributed by atoms with Gasteiger partial charge in [0.1, 0.15) is 11.4 Å². The molecule has 1 N–H and O–H groups in total. The summed E-state index contributed by atoms with van der Waals surface area (Å²) in [5.41, 5.74) is 3.50. The van der Waals surface area contributed by atoms with E-state index in [1.165, 1.54) is 11.8 Å². The van der Waals surface area contributed by atoms with E-state index in [1.54, 1.807) is 13.3 Å². The highest BCUT2D eigenvalue weighted by atomic mass is 32.2. The van der Waals surface area contributed by atoms with Crippen LogP contribution in [0.1, 0.15) is 25.3 Å². The van der Waals surface area contributed by atoms with E-state index in [0.29, 0.717) is 22.6 Å². The summed E-state index contributed by atoms with van der Waals surface area (Å²) >= 11 is 1.33. The minimum atomic E-state index is -0.100. The topological polar surface area (TPSA) is 81.9 Å². The van der Waals surface area contributed by atoms with E-state index in [0.717, 1.165) is 22.7 Å². The zero-order valence-corrected chi connectivity index (χ0v) is 19.5. The number of amides is 1. The second-order valence-electron chi connectivity index (χ2n) is 7.63. The molecule has 0 aliphatic heterocycles. The predicted octanol–water partition coefficient (Wildman–Crippen LogP) is 5.19. The van der Waals surface area contributed by atoms with E-state index in [-0.39, 0.29) is 11.7 Å². The van der Waals surface area contributed by atoms with Crippen molar-refractivity contribution in [2.75, 3.05) is 18.2 Å². The van der Waals surface area contributed by atoms with E-state index in [9.17, 15) is 4.79 Å². The molecule has 0 saturated carbocycles. The van der Waals surface area contributed by atoms with Crippen LogP contribution in [0.5, 0.6) is 5.75 Å². The van der Waals surface area contributed by atoms with Crippen molar-refractivity contribution in [2.45, 2.75) is 24.9 Å². The first kappa shape index (κ1) is 22.5. The molecule has 0 bridgehead atoms. The molecule has 33 heavy (non-hydrogen) atoms. The van der Waals surface area contributed by atoms with E-state index in [2.05, 4.69) is 34.3 Å². The van der Waals surface area contributed by atoms with E-state index in [1.807, 2.05) is 71.3 Å². The summed E-state index contributed by atoms with van der Waals surface area (Å²) in [5, 5.41) is 12.4. The van der Waals surface area contributed by atoms with Crippen LogP contribution in [0.15, 0.2) is 78.1 Å². The lowest BCUT2D eigenvalue weighted by Crippen LogP contribution is -2.16. The summed E-state index contributed by atoms with van der Waals surface area (Å²) in [5.74, 6) is 1.77. The number of pyridine rings is 1. The van der Waals surface area contributed by atoms with E-state index in [4.69, 9.17) is 4.74 Å². The molecule has 0 unspecified atom stereocenters. The Morgan fingerprint density at radius 3 is 2.48 bits per heavy atom. The van der Waals surface area contributed by atoms with Crippen LogP contribution in [0.3, 0.4) is 0 Å². The predicted molar refractivity (Wildman–Crippen MR) is 131 cm³/mol. The first-order valence-electron chi connectivity index (χ1n) is 10.6. The van der Waals surface area contributed by atoms with Crippen molar-refractivity contribution in [3.8, 4) is 23.0 Å². The zero-order valence-electron chi connectivity index (χ0n) is 18.7. The third-order valence-electron chi connectivity index (χ3n) is 5.05. The number of hydrogen-bond donors (Lipinski definition) is 1. The van der Waals surface area contributed by atoms with Crippen molar-refractivity contribution in [3.63, 3.8) is 0 Å². The summed E-state index contributed by atoms with van der Waals surface area (Å²) in [6.07, 6.45) is 1.72. The maximum absolute atomic E-state index is 12.8. The number of anilines is 1. The van der Waals surface area contributed by atoms with Gasteiger partial charge in [0.25, 0.3) is 0 Å². The quantitative estimate of drug-likeness (QED) is 0.365. The molecule has 4 rings (SSSR count). The molecule has 2 aromatic carbocycles. The van der Waals surface area contributed by atoms with Crippen molar-refractivity contribution >= 4 is 23.4 Å². The number of thioether (sulfide) groups is 1. The molecule has 4 aromatic rings.